The molecule has 1 aliphatic rings. The van der Waals surface area contributed by atoms with Crippen molar-refractivity contribution in [1.29, 1.82) is 0 Å². The lowest BCUT2D eigenvalue weighted by Crippen LogP contribution is -2.30. The summed E-state index contributed by atoms with van der Waals surface area (Å²) in [5.74, 6) is 0.928. The number of methoxy groups -OCH3 is 1. The highest BCUT2D eigenvalue weighted by atomic mass is 16.5. The molecular formula is C13H16N2O2. The summed E-state index contributed by atoms with van der Waals surface area (Å²) in [7, 11) is 1.63. The third-order valence-electron chi connectivity index (χ3n) is 2.76. The Morgan fingerprint density at radius 1 is 1.29 bits per heavy atom. The lowest BCUT2D eigenvalue weighted by atomic mass is 10.1. The summed E-state index contributed by atoms with van der Waals surface area (Å²) in [5, 5.41) is 5.76. The third-order valence-corrected chi connectivity index (χ3v) is 2.76. The first kappa shape index (κ1) is 11.6. The average molecular weight is 232 g/mol. The highest BCUT2D eigenvalue weighted by Crippen LogP contribution is 2.12. The average Bonchev–Trinajstić information content (AvgIpc) is 2.38. The second-order valence-electron chi connectivity index (χ2n) is 3.99. The molecule has 0 unspecified atom stereocenters. The Morgan fingerprint density at radius 3 is 2.71 bits per heavy atom. The van der Waals surface area contributed by atoms with E-state index in [0.717, 1.165) is 30.7 Å². The predicted octanol–water partition coefficient (Wildman–Crippen LogP) is 2.04. The second-order valence-corrected chi connectivity index (χ2v) is 3.99. The maximum absolute atomic E-state index is 11.5. The molecule has 0 atom stereocenters. The van der Waals surface area contributed by atoms with Crippen molar-refractivity contribution in [3.8, 4) is 5.75 Å². The Bertz CT molecular complexity index is 412. The molecule has 1 aliphatic heterocycles. The molecule has 1 heterocycles. The van der Waals surface area contributed by atoms with Gasteiger partial charge in [0.25, 0.3) is 0 Å². The molecular weight excluding hydrogens is 216 g/mol. The zero-order valence-electron chi connectivity index (χ0n) is 9.93. The van der Waals surface area contributed by atoms with Gasteiger partial charge in [0, 0.05) is 13.0 Å². The number of piperidine rings is 1. The SMILES string of the molecule is COc1ccc(/C=N/N2CCCCC2=O)cc1. The Labute approximate surface area is 101 Å². The van der Waals surface area contributed by atoms with Gasteiger partial charge < -0.3 is 4.74 Å². The van der Waals surface area contributed by atoms with Crippen molar-refractivity contribution < 1.29 is 9.53 Å². The van der Waals surface area contributed by atoms with Crippen LogP contribution in [0, 0.1) is 0 Å². The molecule has 0 radical (unpaired) electrons. The minimum atomic E-state index is 0.112. The monoisotopic (exact) mass is 232 g/mol. The molecule has 0 spiro atoms. The summed E-state index contributed by atoms with van der Waals surface area (Å²) < 4.78 is 5.07. The van der Waals surface area contributed by atoms with Gasteiger partial charge in [-0.15, -0.1) is 0 Å². The van der Waals surface area contributed by atoms with Gasteiger partial charge in [0.05, 0.1) is 13.3 Å². The standard InChI is InChI=1S/C13H16N2O2/c1-17-12-7-5-11(6-8-12)10-14-15-9-3-2-4-13(15)16/h5-8,10H,2-4,9H2,1H3/b14-10+. The fraction of sp³-hybridized carbons (Fsp3) is 0.385. The number of carbonyl (C=O) groups is 1. The molecule has 0 N–H and O–H groups in total. The van der Waals surface area contributed by atoms with Gasteiger partial charge in [-0.25, -0.2) is 5.01 Å². The first-order valence-corrected chi connectivity index (χ1v) is 5.78. The Kier molecular flexibility index (Phi) is 3.75. The number of hydrogen-bond donors (Lipinski definition) is 0. The quantitative estimate of drug-likeness (QED) is 0.748. The molecule has 0 aromatic heterocycles. The molecule has 90 valence electrons. The summed E-state index contributed by atoms with van der Waals surface area (Å²) in [5.41, 5.74) is 0.962. The normalized spacial score (nSPS) is 16.5. The summed E-state index contributed by atoms with van der Waals surface area (Å²) in [6, 6.07) is 7.58. The van der Waals surface area contributed by atoms with Gasteiger partial charge in [-0.1, -0.05) is 0 Å². The largest absolute Gasteiger partial charge is 0.497 e. The van der Waals surface area contributed by atoms with Crippen LogP contribution in [0.4, 0.5) is 0 Å². The fourth-order valence-corrected chi connectivity index (χ4v) is 1.74. The van der Waals surface area contributed by atoms with Gasteiger partial charge in [0.2, 0.25) is 5.91 Å². The molecule has 4 nitrogen and oxygen atoms in total. The van der Waals surface area contributed by atoms with E-state index < -0.39 is 0 Å². The van der Waals surface area contributed by atoms with Crippen LogP contribution < -0.4 is 4.74 Å². The lowest BCUT2D eigenvalue weighted by Gasteiger charge is -2.21. The maximum atomic E-state index is 11.5. The van der Waals surface area contributed by atoms with Crippen molar-refractivity contribution in [3.63, 3.8) is 0 Å². The maximum Gasteiger partial charge on any atom is 0.242 e. The van der Waals surface area contributed by atoms with E-state index in [1.807, 2.05) is 24.3 Å². The van der Waals surface area contributed by atoms with E-state index in [9.17, 15) is 4.79 Å². The van der Waals surface area contributed by atoms with Crippen LogP contribution in [0.3, 0.4) is 0 Å². The minimum absolute atomic E-state index is 0.112. The second kappa shape index (κ2) is 5.48. The van der Waals surface area contributed by atoms with Crippen molar-refractivity contribution in [2.75, 3.05) is 13.7 Å². The van der Waals surface area contributed by atoms with Crippen LogP contribution in [0.15, 0.2) is 29.4 Å². The smallest absolute Gasteiger partial charge is 0.242 e. The van der Waals surface area contributed by atoms with Gasteiger partial charge in [-0.3, -0.25) is 4.79 Å². The Hall–Kier alpha value is -1.84. The van der Waals surface area contributed by atoms with Crippen molar-refractivity contribution in [3.05, 3.63) is 29.8 Å². The molecule has 2 rings (SSSR count). The van der Waals surface area contributed by atoms with Crippen molar-refractivity contribution in [2.24, 2.45) is 5.10 Å². The van der Waals surface area contributed by atoms with Crippen LogP contribution >= 0.6 is 0 Å². The lowest BCUT2D eigenvalue weighted by molar-refractivity contribution is -0.133. The van der Waals surface area contributed by atoms with Crippen molar-refractivity contribution in [2.45, 2.75) is 19.3 Å². The molecule has 0 saturated carbocycles. The predicted molar refractivity (Wildman–Crippen MR) is 66.2 cm³/mol. The molecule has 0 aliphatic carbocycles. The van der Waals surface area contributed by atoms with Crippen LogP contribution in [0.1, 0.15) is 24.8 Å². The van der Waals surface area contributed by atoms with E-state index in [2.05, 4.69) is 5.10 Å². The van der Waals surface area contributed by atoms with E-state index >= 15 is 0 Å². The summed E-state index contributed by atoms with van der Waals surface area (Å²) in [6.45, 7) is 0.728. The molecule has 4 heteroatoms. The third kappa shape index (κ3) is 3.06. The zero-order chi connectivity index (χ0) is 12.1. The molecule has 0 bridgehead atoms. The van der Waals surface area contributed by atoms with Crippen LogP contribution in [0.5, 0.6) is 5.75 Å². The number of benzene rings is 1. The first-order valence-electron chi connectivity index (χ1n) is 5.78. The van der Waals surface area contributed by atoms with Crippen LogP contribution in [0.25, 0.3) is 0 Å². The van der Waals surface area contributed by atoms with Crippen molar-refractivity contribution in [1.82, 2.24) is 5.01 Å². The summed E-state index contributed by atoms with van der Waals surface area (Å²) in [4.78, 5) is 11.5. The van der Waals surface area contributed by atoms with Gasteiger partial charge in [0.1, 0.15) is 5.75 Å². The highest BCUT2D eigenvalue weighted by molar-refractivity contribution is 5.82. The van der Waals surface area contributed by atoms with Gasteiger partial charge in [-0.2, -0.15) is 5.10 Å². The summed E-state index contributed by atoms with van der Waals surface area (Å²) >= 11 is 0. The number of hydrazone groups is 1. The topological polar surface area (TPSA) is 41.9 Å². The van der Waals surface area contributed by atoms with E-state index in [-0.39, 0.29) is 5.91 Å². The van der Waals surface area contributed by atoms with E-state index in [1.54, 1.807) is 18.3 Å². The van der Waals surface area contributed by atoms with Crippen LogP contribution in [-0.2, 0) is 4.79 Å². The van der Waals surface area contributed by atoms with Gasteiger partial charge >= 0.3 is 0 Å². The Balaban J connectivity index is 2.01. The number of carbonyl (C=O) groups excluding carboxylic acids is 1. The van der Waals surface area contributed by atoms with Gasteiger partial charge in [0.15, 0.2) is 0 Å². The fourth-order valence-electron chi connectivity index (χ4n) is 1.74. The van der Waals surface area contributed by atoms with Crippen molar-refractivity contribution >= 4 is 12.1 Å². The zero-order valence-corrected chi connectivity index (χ0v) is 9.93. The number of hydrogen-bond acceptors (Lipinski definition) is 3. The van der Waals surface area contributed by atoms with E-state index in [1.165, 1.54) is 0 Å². The molecule has 1 aromatic carbocycles. The Morgan fingerprint density at radius 2 is 2.06 bits per heavy atom. The minimum Gasteiger partial charge on any atom is -0.497 e. The number of rotatable bonds is 3. The van der Waals surface area contributed by atoms with E-state index in [4.69, 9.17) is 4.74 Å². The molecule has 1 fully saturated rings. The van der Waals surface area contributed by atoms with Crippen LogP contribution in [0.2, 0.25) is 0 Å². The number of amides is 1. The molecule has 1 amide bonds. The number of ether oxygens (including phenoxy) is 1. The van der Waals surface area contributed by atoms with Crippen LogP contribution in [-0.4, -0.2) is 30.8 Å². The van der Waals surface area contributed by atoms with E-state index in [0.29, 0.717) is 6.42 Å². The molecule has 17 heavy (non-hydrogen) atoms. The molecule has 1 aromatic rings. The summed E-state index contributed by atoms with van der Waals surface area (Å²) in [6.07, 6.45) is 4.34. The van der Waals surface area contributed by atoms with Gasteiger partial charge in [-0.05, 0) is 42.7 Å². The highest BCUT2D eigenvalue weighted by Gasteiger charge is 2.16. The first-order chi connectivity index (χ1) is 8.29. The number of nitrogens with zero attached hydrogens (tertiary/aromatic N) is 2. The molecule has 1 saturated heterocycles.